The van der Waals surface area contributed by atoms with Gasteiger partial charge in [0.2, 0.25) is 0 Å². The van der Waals surface area contributed by atoms with Gasteiger partial charge in [-0.1, -0.05) is 0 Å². The Morgan fingerprint density at radius 1 is 1.24 bits per heavy atom. The third-order valence-corrected chi connectivity index (χ3v) is 3.57. The molecule has 2 N–H and O–H groups in total. The molecule has 0 unspecified atom stereocenters. The Bertz CT molecular complexity index is 239. The zero-order valence-corrected chi connectivity index (χ0v) is 11.0. The van der Waals surface area contributed by atoms with Gasteiger partial charge in [0.15, 0.2) is 0 Å². The number of aliphatic carboxylic acids is 1. The monoisotopic (exact) mass is 262 g/mol. The number of nitrogens with zero attached hydrogens (tertiary/aromatic N) is 1. The van der Waals surface area contributed by atoms with Crippen LogP contribution in [0.4, 0.5) is 0 Å². The number of piperidine rings is 1. The molecule has 1 aliphatic heterocycles. The van der Waals surface area contributed by atoms with E-state index < -0.39 is 5.97 Å². The summed E-state index contributed by atoms with van der Waals surface area (Å²) in [5.41, 5.74) is 0. The lowest BCUT2D eigenvalue weighted by atomic mass is 10.0. The van der Waals surface area contributed by atoms with Crippen molar-refractivity contribution < 1.29 is 9.90 Å². The predicted molar refractivity (Wildman–Crippen MR) is 69.7 cm³/mol. The first kappa shape index (κ1) is 14.7. The van der Waals surface area contributed by atoms with E-state index in [1.807, 2.05) is 0 Å². The summed E-state index contributed by atoms with van der Waals surface area (Å²) in [6, 6.07) is 0.537. The molecule has 2 aliphatic rings. The Morgan fingerprint density at radius 3 is 2.41 bits per heavy atom. The third-order valence-electron chi connectivity index (χ3n) is 3.57. The summed E-state index contributed by atoms with van der Waals surface area (Å²) in [7, 11) is 0. The second-order valence-corrected chi connectivity index (χ2v) is 5.12. The standard InChI is InChI=1S/C12H22N2O2.ClH/c15-12(16)3-6-13-11-4-7-14(8-5-11)9-10-1-2-10;/h10-11,13H,1-9H2,(H,15,16);1H. The molecule has 100 valence electrons. The molecule has 17 heavy (non-hydrogen) atoms. The van der Waals surface area contributed by atoms with Crippen LogP contribution in [0.5, 0.6) is 0 Å². The number of carboxylic acids is 1. The van der Waals surface area contributed by atoms with Gasteiger partial charge in [0.25, 0.3) is 0 Å². The van der Waals surface area contributed by atoms with E-state index in [-0.39, 0.29) is 18.8 Å². The largest absolute Gasteiger partial charge is 0.481 e. The van der Waals surface area contributed by atoms with Gasteiger partial charge >= 0.3 is 5.97 Å². The lowest BCUT2D eigenvalue weighted by molar-refractivity contribution is -0.136. The molecule has 4 nitrogen and oxygen atoms in total. The molecule has 5 heteroatoms. The number of rotatable bonds is 6. The second-order valence-electron chi connectivity index (χ2n) is 5.12. The lowest BCUT2D eigenvalue weighted by Crippen LogP contribution is -2.43. The highest BCUT2D eigenvalue weighted by Gasteiger charge is 2.26. The third kappa shape index (κ3) is 5.70. The number of likely N-dealkylation sites (tertiary alicyclic amines) is 1. The molecular weight excluding hydrogens is 240 g/mol. The minimum Gasteiger partial charge on any atom is -0.481 e. The predicted octanol–water partition coefficient (Wildman–Crippen LogP) is 1.35. The first-order chi connectivity index (χ1) is 7.74. The molecule has 0 spiro atoms. The highest BCUT2D eigenvalue weighted by Crippen LogP contribution is 2.30. The van der Waals surface area contributed by atoms with E-state index >= 15 is 0 Å². The molecule has 2 rings (SSSR count). The SMILES string of the molecule is Cl.O=C(O)CCNC1CCN(CC2CC2)CC1. The van der Waals surface area contributed by atoms with Gasteiger partial charge in [-0.05, 0) is 44.7 Å². The number of carboxylic acid groups (broad SMARTS) is 1. The number of halogens is 1. The van der Waals surface area contributed by atoms with Gasteiger partial charge in [-0.2, -0.15) is 0 Å². The maximum absolute atomic E-state index is 10.4. The van der Waals surface area contributed by atoms with Crippen molar-refractivity contribution in [2.75, 3.05) is 26.2 Å². The van der Waals surface area contributed by atoms with Crippen molar-refractivity contribution in [1.82, 2.24) is 10.2 Å². The summed E-state index contributed by atoms with van der Waals surface area (Å²) in [6.07, 6.45) is 5.44. The van der Waals surface area contributed by atoms with Gasteiger partial charge in [0, 0.05) is 19.1 Å². The zero-order valence-electron chi connectivity index (χ0n) is 10.2. The molecule has 1 aliphatic carbocycles. The summed E-state index contributed by atoms with van der Waals surface area (Å²) >= 11 is 0. The highest BCUT2D eigenvalue weighted by atomic mass is 35.5. The topological polar surface area (TPSA) is 52.6 Å². The Labute approximate surface area is 109 Å². The summed E-state index contributed by atoms with van der Waals surface area (Å²) in [6.45, 7) is 4.27. The van der Waals surface area contributed by atoms with Crippen LogP contribution in [0.15, 0.2) is 0 Å². The van der Waals surface area contributed by atoms with Gasteiger partial charge in [0.05, 0.1) is 6.42 Å². The smallest absolute Gasteiger partial charge is 0.304 e. The van der Waals surface area contributed by atoms with Crippen molar-refractivity contribution in [3.8, 4) is 0 Å². The van der Waals surface area contributed by atoms with E-state index in [1.165, 1.54) is 45.3 Å². The van der Waals surface area contributed by atoms with E-state index in [4.69, 9.17) is 5.11 Å². The van der Waals surface area contributed by atoms with Crippen LogP contribution in [0.1, 0.15) is 32.1 Å². The zero-order chi connectivity index (χ0) is 11.4. The van der Waals surface area contributed by atoms with Crippen LogP contribution in [-0.2, 0) is 4.79 Å². The Kier molecular flexibility index (Phi) is 6.23. The molecule has 0 amide bonds. The van der Waals surface area contributed by atoms with Crippen LogP contribution >= 0.6 is 12.4 Å². The van der Waals surface area contributed by atoms with E-state index in [0.717, 1.165) is 5.92 Å². The number of carbonyl (C=O) groups is 1. The Balaban J connectivity index is 0.00000144. The van der Waals surface area contributed by atoms with Gasteiger partial charge in [-0.25, -0.2) is 0 Å². The molecule has 0 aromatic carbocycles. The van der Waals surface area contributed by atoms with E-state index in [9.17, 15) is 4.79 Å². The minimum absolute atomic E-state index is 0. The summed E-state index contributed by atoms with van der Waals surface area (Å²) in [4.78, 5) is 12.9. The summed E-state index contributed by atoms with van der Waals surface area (Å²) < 4.78 is 0. The molecule has 2 fully saturated rings. The molecule has 0 aromatic rings. The van der Waals surface area contributed by atoms with Crippen molar-refractivity contribution in [2.24, 2.45) is 5.92 Å². The van der Waals surface area contributed by atoms with E-state index in [2.05, 4.69) is 10.2 Å². The van der Waals surface area contributed by atoms with Gasteiger partial charge in [-0.15, -0.1) is 12.4 Å². The van der Waals surface area contributed by atoms with Crippen LogP contribution in [0.25, 0.3) is 0 Å². The fourth-order valence-corrected chi connectivity index (χ4v) is 2.37. The van der Waals surface area contributed by atoms with Crippen LogP contribution in [-0.4, -0.2) is 48.2 Å². The average Bonchev–Trinajstić information content (AvgIpc) is 3.04. The van der Waals surface area contributed by atoms with E-state index in [1.54, 1.807) is 0 Å². The summed E-state index contributed by atoms with van der Waals surface area (Å²) in [5.74, 6) is 0.273. The van der Waals surface area contributed by atoms with Crippen molar-refractivity contribution >= 4 is 18.4 Å². The molecular formula is C12H23ClN2O2. The van der Waals surface area contributed by atoms with Crippen LogP contribution in [0.3, 0.4) is 0 Å². The van der Waals surface area contributed by atoms with E-state index in [0.29, 0.717) is 12.6 Å². The summed E-state index contributed by atoms with van der Waals surface area (Å²) in [5, 5.41) is 11.9. The van der Waals surface area contributed by atoms with Gasteiger partial charge in [0.1, 0.15) is 0 Å². The Hall–Kier alpha value is -0.320. The number of nitrogens with one attached hydrogen (secondary N) is 1. The van der Waals surface area contributed by atoms with Crippen LogP contribution in [0.2, 0.25) is 0 Å². The minimum atomic E-state index is -0.710. The maximum atomic E-state index is 10.4. The quantitative estimate of drug-likeness (QED) is 0.759. The highest BCUT2D eigenvalue weighted by molar-refractivity contribution is 5.85. The van der Waals surface area contributed by atoms with Crippen molar-refractivity contribution in [3.05, 3.63) is 0 Å². The number of hydrogen-bond acceptors (Lipinski definition) is 3. The maximum Gasteiger partial charge on any atom is 0.304 e. The first-order valence-electron chi connectivity index (χ1n) is 6.41. The van der Waals surface area contributed by atoms with Crippen molar-refractivity contribution in [2.45, 2.75) is 38.1 Å². The van der Waals surface area contributed by atoms with Gasteiger partial charge in [-0.3, -0.25) is 4.79 Å². The average molecular weight is 263 g/mol. The molecule has 1 saturated heterocycles. The van der Waals surface area contributed by atoms with Crippen molar-refractivity contribution in [3.63, 3.8) is 0 Å². The van der Waals surface area contributed by atoms with Crippen molar-refractivity contribution in [1.29, 1.82) is 0 Å². The molecule has 1 saturated carbocycles. The number of hydrogen-bond donors (Lipinski definition) is 2. The fourth-order valence-electron chi connectivity index (χ4n) is 2.37. The molecule has 0 atom stereocenters. The lowest BCUT2D eigenvalue weighted by Gasteiger charge is -2.32. The molecule has 0 radical (unpaired) electrons. The van der Waals surface area contributed by atoms with Crippen LogP contribution in [0, 0.1) is 5.92 Å². The molecule has 1 heterocycles. The normalized spacial score (nSPS) is 22.1. The van der Waals surface area contributed by atoms with Gasteiger partial charge < -0.3 is 15.3 Å². The molecule has 0 bridgehead atoms. The first-order valence-corrected chi connectivity index (χ1v) is 6.41. The fraction of sp³-hybridized carbons (Fsp3) is 0.917. The Morgan fingerprint density at radius 2 is 1.88 bits per heavy atom. The molecule has 0 aromatic heterocycles. The second kappa shape index (κ2) is 7.19. The van der Waals surface area contributed by atoms with Crippen LogP contribution < -0.4 is 5.32 Å².